The van der Waals surface area contributed by atoms with Gasteiger partial charge in [-0.3, -0.25) is 0 Å². The molecule has 0 radical (unpaired) electrons. The van der Waals surface area contributed by atoms with Crippen molar-refractivity contribution >= 4 is 21.7 Å². The zero-order valence-electron chi connectivity index (χ0n) is 12.2. The van der Waals surface area contributed by atoms with Crippen LogP contribution in [-0.2, 0) is 0 Å². The molecule has 4 nitrogen and oxygen atoms in total. The largest absolute Gasteiger partial charge is 0.396 e. The molecular formula is C14H24BrN3O. The van der Waals surface area contributed by atoms with E-state index in [1.165, 1.54) is 0 Å². The van der Waals surface area contributed by atoms with Crippen molar-refractivity contribution in [1.29, 1.82) is 0 Å². The van der Waals surface area contributed by atoms with Crippen LogP contribution in [0.3, 0.4) is 0 Å². The lowest BCUT2D eigenvalue weighted by molar-refractivity contribution is 0.127. The molecule has 1 aromatic rings. The predicted molar refractivity (Wildman–Crippen MR) is 82.4 cm³/mol. The topological polar surface area (TPSA) is 58.0 Å². The number of aliphatic hydroxyl groups is 1. The van der Waals surface area contributed by atoms with Crippen LogP contribution in [0.2, 0.25) is 0 Å². The number of aromatic nitrogens is 2. The number of rotatable bonds is 7. The van der Waals surface area contributed by atoms with E-state index in [9.17, 15) is 5.11 Å². The van der Waals surface area contributed by atoms with Crippen molar-refractivity contribution in [3.8, 4) is 0 Å². The first-order valence-corrected chi connectivity index (χ1v) is 7.65. The van der Waals surface area contributed by atoms with E-state index in [1.54, 1.807) is 0 Å². The molecule has 19 heavy (non-hydrogen) atoms. The Kier molecular flexibility index (Phi) is 6.20. The van der Waals surface area contributed by atoms with Crippen molar-refractivity contribution in [3.63, 3.8) is 0 Å². The van der Waals surface area contributed by atoms with E-state index in [-0.39, 0.29) is 17.9 Å². The van der Waals surface area contributed by atoms with Gasteiger partial charge in [-0.1, -0.05) is 27.7 Å². The summed E-state index contributed by atoms with van der Waals surface area (Å²) in [5.41, 5.74) is -0.0740. The van der Waals surface area contributed by atoms with Crippen molar-refractivity contribution in [2.75, 3.05) is 18.5 Å². The molecule has 0 amide bonds. The molecular weight excluding hydrogens is 306 g/mol. The molecule has 0 saturated heterocycles. The molecule has 5 heteroatoms. The van der Waals surface area contributed by atoms with Gasteiger partial charge in [0.05, 0.1) is 6.61 Å². The third kappa shape index (κ3) is 4.42. The average Bonchev–Trinajstić information content (AvgIpc) is 2.40. The highest BCUT2D eigenvalue weighted by atomic mass is 79.9. The maximum absolute atomic E-state index is 9.57. The fourth-order valence-electron chi connectivity index (χ4n) is 1.84. The van der Waals surface area contributed by atoms with E-state index < -0.39 is 0 Å². The van der Waals surface area contributed by atoms with E-state index in [0.29, 0.717) is 0 Å². The average molecular weight is 330 g/mol. The number of nitrogens with one attached hydrogen (secondary N) is 1. The highest BCUT2D eigenvalue weighted by Gasteiger charge is 2.25. The van der Waals surface area contributed by atoms with Gasteiger partial charge in [0, 0.05) is 23.9 Å². The SMILES string of the molecule is CCC(CC)(CO)CNc1cc(Br)nc(C(C)C)n1. The summed E-state index contributed by atoms with van der Waals surface area (Å²) in [7, 11) is 0. The molecule has 1 rings (SSSR count). The summed E-state index contributed by atoms with van der Waals surface area (Å²) in [6, 6.07) is 1.87. The first kappa shape index (κ1) is 16.4. The van der Waals surface area contributed by atoms with Crippen molar-refractivity contribution in [2.24, 2.45) is 5.41 Å². The van der Waals surface area contributed by atoms with Crippen LogP contribution in [0.5, 0.6) is 0 Å². The molecule has 0 unspecified atom stereocenters. The van der Waals surface area contributed by atoms with Gasteiger partial charge in [0.25, 0.3) is 0 Å². The van der Waals surface area contributed by atoms with Gasteiger partial charge < -0.3 is 10.4 Å². The van der Waals surface area contributed by atoms with Crippen LogP contribution in [0, 0.1) is 5.41 Å². The second-order valence-corrected chi connectivity index (χ2v) is 6.12. The maximum atomic E-state index is 9.57. The van der Waals surface area contributed by atoms with Gasteiger partial charge >= 0.3 is 0 Å². The molecule has 0 saturated carbocycles. The van der Waals surface area contributed by atoms with Gasteiger partial charge in [-0.2, -0.15) is 0 Å². The Morgan fingerprint density at radius 2 is 1.95 bits per heavy atom. The Bertz CT molecular complexity index is 397. The lowest BCUT2D eigenvalue weighted by Crippen LogP contribution is -2.32. The highest BCUT2D eigenvalue weighted by Crippen LogP contribution is 2.26. The van der Waals surface area contributed by atoms with E-state index in [2.05, 4.69) is 58.9 Å². The molecule has 0 fully saturated rings. The molecule has 1 aromatic heterocycles. The minimum absolute atomic E-state index is 0.0740. The number of aliphatic hydroxyl groups excluding tert-OH is 1. The minimum atomic E-state index is -0.0740. The fraction of sp³-hybridized carbons (Fsp3) is 0.714. The van der Waals surface area contributed by atoms with E-state index in [1.807, 2.05) is 6.07 Å². The zero-order chi connectivity index (χ0) is 14.5. The van der Waals surface area contributed by atoms with Crippen LogP contribution in [0.1, 0.15) is 52.3 Å². The Labute approximate surface area is 124 Å². The molecule has 0 aliphatic carbocycles. The molecule has 108 valence electrons. The number of anilines is 1. The summed E-state index contributed by atoms with van der Waals surface area (Å²) in [5.74, 6) is 1.92. The number of nitrogens with zero attached hydrogens (tertiary/aromatic N) is 2. The Morgan fingerprint density at radius 1 is 1.32 bits per heavy atom. The van der Waals surface area contributed by atoms with Crippen LogP contribution in [-0.4, -0.2) is 28.2 Å². The molecule has 1 heterocycles. The second-order valence-electron chi connectivity index (χ2n) is 5.31. The minimum Gasteiger partial charge on any atom is -0.396 e. The Hall–Kier alpha value is -0.680. The second kappa shape index (κ2) is 7.20. The summed E-state index contributed by atoms with van der Waals surface area (Å²) >= 11 is 3.41. The number of hydrogen-bond donors (Lipinski definition) is 2. The number of hydrogen-bond acceptors (Lipinski definition) is 4. The Morgan fingerprint density at radius 3 is 2.42 bits per heavy atom. The van der Waals surface area contributed by atoms with E-state index >= 15 is 0 Å². The van der Waals surface area contributed by atoms with Gasteiger partial charge in [0.15, 0.2) is 0 Å². The normalized spacial score (nSPS) is 11.9. The molecule has 0 bridgehead atoms. The van der Waals surface area contributed by atoms with Crippen LogP contribution >= 0.6 is 15.9 Å². The number of halogens is 1. The molecule has 0 atom stereocenters. The van der Waals surface area contributed by atoms with Crippen LogP contribution in [0.4, 0.5) is 5.82 Å². The van der Waals surface area contributed by atoms with Crippen molar-refractivity contribution in [2.45, 2.75) is 46.5 Å². The summed E-state index contributed by atoms with van der Waals surface area (Å²) in [4.78, 5) is 8.86. The van der Waals surface area contributed by atoms with Crippen molar-refractivity contribution in [3.05, 3.63) is 16.5 Å². The smallest absolute Gasteiger partial charge is 0.134 e. The van der Waals surface area contributed by atoms with E-state index in [4.69, 9.17) is 0 Å². The summed E-state index contributed by atoms with van der Waals surface area (Å²) in [6.45, 7) is 9.27. The van der Waals surface area contributed by atoms with E-state index in [0.717, 1.165) is 35.6 Å². The third-order valence-electron chi connectivity index (χ3n) is 3.71. The predicted octanol–water partition coefficient (Wildman–Crippen LogP) is 3.57. The lowest BCUT2D eigenvalue weighted by Gasteiger charge is -2.29. The first-order valence-electron chi connectivity index (χ1n) is 6.85. The van der Waals surface area contributed by atoms with Gasteiger partial charge in [-0.25, -0.2) is 9.97 Å². The zero-order valence-corrected chi connectivity index (χ0v) is 13.8. The van der Waals surface area contributed by atoms with Gasteiger partial charge in [-0.15, -0.1) is 0 Å². The summed E-state index contributed by atoms with van der Waals surface area (Å²) in [5, 5.41) is 12.9. The molecule has 0 aliphatic heterocycles. The quantitative estimate of drug-likeness (QED) is 0.751. The standard InChI is InChI=1S/C14H24BrN3O/c1-5-14(6-2,9-19)8-16-12-7-11(15)17-13(18-12)10(3)4/h7,10,19H,5-6,8-9H2,1-4H3,(H,16,17,18). The molecule has 0 aromatic carbocycles. The van der Waals surface area contributed by atoms with Gasteiger partial charge in [-0.05, 0) is 28.8 Å². The van der Waals surface area contributed by atoms with Crippen molar-refractivity contribution in [1.82, 2.24) is 9.97 Å². The third-order valence-corrected chi connectivity index (χ3v) is 4.11. The Balaban J connectivity index is 2.82. The maximum Gasteiger partial charge on any atom is 0.134 e. The van der Waals surface area contributed by atoms with Crippen LogP contribution in [0.25, 0.3) is 0 Å². The summed E-state index contributed by atoms with van der Waals surface area (Å²) < 4.78 is 0.788. The lowest BCUT2D eigenvalue weighted by atomic mass is 9.83. The van der Waals surface area contributed by atoms with Crippen LogP contribution in [0.15, 0.2) is 10.7 Å². The highest BCUT2D eigenvalue weighted by molar-refractivity contribution is 9.10. The summed E-state index contributed by atoms with van der Waals surface area (Å²) in [6.07, 6.45) is 1.88. The molecule has 2 N–H and O–H groups in total. The van der Waals surface area contributed by atoms with Gasteiger partial charge in [0.2, 0.25) is 0 Å². The monoisotopic (exact) mass is 329 g/mol. The van der Waals surface area contributed by atoms with Crippen LogP contribution < -0.4 is 5.32 Å². The molecule has 0 aliphatic rings. The molecule has 0 spiro atoms. The van der Waals surface area contributed by atoms with Crippen molar-refractivity contribution < 1.29 is 5.11 Å². The van der Waals surface area contributed by atoms with Gasteiger partial charge in [0.1, 0.15) is 16.2 Å². The first-order chi connectivity index (χ1) is 8.96. The fourth-order valence-corrected chi connectivity index (χ4v) is 2.24.